The molecule has 0 spiro atoms. The number of nitrogens with zero attached hydrogens (tertiary/aromatic N) is 3. The highest BCUT2D eigenvalue weighted by molar-refractivity contribution is 5.92. The lowest BCUT2D eigenvalue weighted by atomic mass is 9.95. The van der Waals surface area contributed by atoms with Crippen LogP contribution in [0.1, 0.15) is 56.2 Å². The molecule has 1 saturated carbocycles. The SMILES string of the molecule is CC1=C(C(=O)OC2CCCCC2)C(c2ccc(OCCc3ccccc3)cc2)n2ncnc2N1. The number of carbonyl (C=O) groups excluding carboxylic acids is 1. The fraction of sp³-hybridized carbons (Fsp3) is 0.370. The third kappa shape index (κ3) is 4.83. The van der Waals surface area contributed by atoms with Gasteiger partial charge in [-0.3, -0.25) is 0 Å². The molecule has 1 aromatic heterocycles. The standard InChI is InChI=1S/C27H30N4O3/c1-19-24(26(32)34-23-10-6-3-7-11-23)25(31-27(30-19)28-18-29-31)21-12-14-22(15-13-21)33-17-16-20-8-4-2-5-9-20/h2,4-5,8-9,12-15,18,23,25H,3,6-7,10-11,16-17H2,1H3,(H,28,29,30). The van der Waals surface area contributed by atoms with Crippen LogP contribution >= 0.6 is 0 Å². The molecule has 1 atom stereocenters. The number of carbonyl (C=O) groups is 1. The molecule has 1 unspecified atom stereocenters. The maximum atomic E-state index is 13.3. The average Bonchev–Trinajstić information content (AvgIpc) is 3.33. The summed E-state index contributed by atoms with van der Waals surface area (Å²) in [6.45, 7) is 2.49. The molecule has 34 heavy (non-hydrogen) atoms. The van der Waals surface area contributed by atoms with Gasteiger partial charge >= 0.3 is 5.97 Å². The molecule has 2 aliphatic rings. The number of fused-ring (bicyclic) bond motifs is 1. The van der Waals surface area contributed by atoms with Crippen LogP contribution in [0.25, 0.3) is 0 Å². The predicted molar refractivity (Wildman–Crippen MR) is 130 cm³/mol. The Morgan fingerprint density at radius 2 is 1.82 bits per heavy atom. The zero-order chi connectivity index (χ0) is 23.3. The van der Waals surface area contributed by atoms with E-state index in [1.165, 1.54) is 18.3 Å². The summed E-state index contributed by atoms with van der Waals surface area (Å²) >= 11 is 0. The topological polar surface area (TPSA) is 78.3 Å². The second-order valence-corrected chi connectivity index (χ2v) is 8.91. The summed E-state index contributed by atoms with van der Waals surface area (Å²) in [4.78, 5) is 17.6. The predicted octanol–water partition coefficient (Wildman–Crippen LogP) is 5.06. The van der Waals surface area contributed by atoms with E-state index in [4.69, 9.17) is 9.47 Å². The largest absolute Gasteiger partial charge is 0.493 e. The van der Waals surface area contributed by atoms with Crippen molar-refractivity contribution in [2.24, 2.45) is 0 Å². The zero-order valence-corrected chi connectivity index (χ0v) is 19.4. The van der Waals surface area contributed by atoms with Gasteiger partial charge < -0.3 is 14.8 Å². The molecule has 0 amide bonds. The van der Waals surface area contributed by atoms with Gasteiger partial charge in [0.25, 0.3) is 0 Å². The lowest BCUT2D eigenvalue weighted by molar-refractivity contribution is -0.146. The van der Waals surface area contributed by atoms with Gasteiger partial charge in [-0.1, -0.05) is 48.9 Å². The van der Waals surface area contributed by atoms with Gasteiger partial charge in [0.15, 0.2) is 0 Å². The monoisotopic (exact) mass is 458 g/mol. The number of ether oxygens (including phenoxy) is 2. The van der Waals surface area contributed by atoms with Crippen molar-refractivity contribution in [1.82, 2.24) is 14.8 Å². The van der Waals surface area contributed by atoms with Crippen molar-refractivity contribution in [3.63, 3.8) is 0 Å². The van der Waals surface area contributed by atoms with Crippen LogP contribution in [0.15, 0.2) is 72.2 Å². The van der Waals surface area contributed by atoms with Gasteiger partial charge in [-0.05, 0) is 55.9 Å². The van der Waals surface area contributed by atoms with Crippen LogP contribution < -0.4 is 10.1 Å². The minimum absolute atomic E-state index is 0.0141. The molecule has 176 valence electrons. The van der Waals surface area contributed by atoms with E-state index in [0.29, 0.717) is 18.1 Å². The van der Waals surface area contributed by atoms with E-state index >= 15 is 0 Å². The van der Waals surface area contributed by atoms with Gasteiger partial charge in [-0.2, -0.15) is 10.1 Å². The highest BCUT2D eigenvalue weighted by atomic mass is 16.5. The van der Waals surface area contributed by atoms with E-state index in [-0.39, 0.29) is 12.1 Å². The second kappa shape index (κ2) is 10.1. The molecular formula is C27H30N4O3. The fourth-order valence-electron chi connectivity index (χ4n) is 4.74. The molecule has 2 heterocycles. The minimum atomic E-state index is -0.409. The number of hydrogen-bond donors (Lipinski definition) is 1. The van der Waals surface area contributed by atoms with Crippen LogP contribution in [0.4, 0.5) is 5.95 Å². The van der Waals surface area contributed by atoms with Crippen LogP contribution in [-0.4, -0.2) is 33.4 Å². The quantitative estimate of drug-likeness (QED) is 0.499. The molecule has 7 nitrogen and oxygen atoms in total. The summed E-state index contributed by atoms with van der Waals surface area (Å²) in [6.07, 6.45) is 7.62. The van der Waals surface area contributed by atoms with Crippen molar-refractivity contribution in [3.05, 3.63) is 83.3 Å². The number of hydrogen-bond acceptors (Lipinski definition) is 6. The van der Waals surface area contributed by atoms with E-state index in [0.717, 1.165) is 49.1 Å². The van der Waals surface area contributed by atoms with Gasteiger partial charge in [0.05, 0.1) is 12.2 Å². The van der Waals surface area contributed by atoms with E-state index in [1.54, 1.807) is 4.68 Å². The molecule has 1 fully saturated rings. The Hall–Kier alpha value is -3.61. The molecule has 5 rings (SSSR count). The Labute approximate surface area is 199 Å². The number of anilines is 1. The first-order valence-electron chi connectivity index (χ1n) is 12.0. The van der Waals surface area contributed by atoms with Gasteiger partial charge in [0.2, 0.25) is 5.95 Å². The number of benzene rings is 2. The summed E-state index contributed by atoms with van der Waals surface area (Å²) in [5.74, 6) is 1.12. The first-order chi connectivity index (χ1) is 16.7. The lowest BCUT2D eigenvalue weighted by Gasteiger charge is -2.30. The molecule has 1 aliphatic heterocycles. The number of nitrogens with one attached hydrogen (secondary N) is 1. The summed E-state index contributed by atoms with van der Waals surface area (Å²) in [7, 11) is 0. The van der Waals surface area contributed by atoms with Crippen LogP contribution in [-0.2, 0) is 16.0 Å². The third-order valence-electron chi connectivity index (χ3n) is 6.54. The van der Waals surface area contributed by atoms with Gasteiger partial charge in [0.1, 0.15) is 24.2 Å². The normalized spacial score (nSPS) is 18.2. The summed E-state index contributed by atoms with van der Waals surface area (Å²) in [5, 5.41) is 7.61. The van der Waals surface area contributed by atoms with Crippen LogP contribution in [0.5, 0.6) is 5.75 Å². The molecular weight excluding hydrogens is 428 g/mol. The molecule has 1 N–H and O–H groups in total. The maximum absolute atomic E-state index is 13.3. The number of rotatable bonds is 7. The Balaban J connectivity index is 1.33. The van der Waals surface area contributed by atoms with Crippen molar-refractivity contribution in [1.29, 1.82) is 0 Å². The molecule has 0 radical (unpaired) electrons. The van der Waals surface area contributed by atoms with E-state index in [9.17, 15) is 4.79 Å². The fourth-order valence-corrected chi connectivity index (χ4v) is 4.74. The average molecular weight is 459 g/mol. The first kappa shape index (κ1) is 22.2. The summed E-state index contributed by atoms with van der Waals surface area (Å²) < 4.78 is 13.6. The molecule has 7 heteroatoms. The minimum Gasteiger partial charge on any atom is -0.493 e. The smallest absolute Gasteiger partial charge is 0.338 e. The number of aromatic nitrogens is 3. The Morgan fingerprint density at radius 3 is 2.59 bits per heavy atom. The summed E-state index contributed by atoms with van der Waals surface area (Å²) in [6, 6.07) is 17.7. The Bertz CT molecular complexity index is 1150. The summed E-state index contributed by atoms with van der Waals surface area (Å²) in [5.41, 5.74) is 3.49. The van der Waals surface area contributed by atoms with Crippen LogP contribution in [0.3, 0.4) is 0 Å². The van der Waals surface area contributed by atoms with Crippen LogP contribution in [0, 0.1) is 0 Å². The van der Waals surface area contributed by atoms with Gasteiger partial charge in [0, 0.05) is 12.1 Å². The van der Waals surface area contributed by atoms with Crippen molar-refractivity contribution < 1.29 is 14.3 Å². The van der Waals surface area contributed by atoms with Crippen molar-refractivity contribution in [2.45, 2.75) is 57.6 Å². The molecule has 3 aromatic rings. The zero-order valence-electron chi connectivity index (χ0n) is 19.4. The van der Waals surface area contributed by atoms with E-state index in [2.05, 4.69) is 27.5 Å². The van der Waals surface area contributed by atoms with Gasteiger partial charge in [-0.25, -0.2) is 9.48 Å². The maximum Gasteiger partial charge on any atom is 0.338 e. The van der Waals surface area contributed by atoms with E-state index in [1.807, 2.05) is 49.4 Å². The van der Waals surface area contributed by atoms with Crippen molar-refractivity contribution in [2.75, 3.05) is 11.9 Å². The van der Waals surface area contributed by atoms with E-state index < -0.39 is 6.04 Å². The highest BCUT2D eigenvalue weighted by Gasteiger charge is 2.35. The molecule has 2 aromatic carbocycles. The Morgan fingerprint density at radius 1 is 1.06 bits per heavy atom. The number of allylic oxidation sites excluding steroid dienone is 1. The van der Waals surface area contributed by atoms with Crippen molar-refractivity contribution >= 4 is 11.9 Å². The van der Waals surface area contributed by atoms with Gasteiger partial charge in [-0.15, -0.1) is 0 Å². The Kier molecular flexibility index (Phi) is 6.60. The van der Waals surface area contributed by atoms with Crippen molar-refractivity contribution in [3.8, 4) is 5.75 Å². The molecule has 0 bridgehead atoms. The number of esters is 1. The van der Waals surface area contributed by atoms with Crippen LogP contribution in [0.2, 0.25) is 0 Å². The molecule has 0 saturated heterocycles. The molecule has 1 aliphatic carbocycles. The first-order valence-corrected chi connectivity index (χ1v) is 12.0. The highest BCUT2D eigenvalue weighted by Crippen LogP contribution is 2.36. The lowest BCUT2D eigenvalue weighted by Crippen LogP contribution is -2.32. The third-order valence-corrected chi connectivity index (χ3v) is 6.54. The second-order valence-electron chi connectivity index (χ2n) is 8.91.